The number of carbonyl (C=O) groups excluding carboxylic acids is 3. The summed E-state index contributed by atoms with van der Waals surface area (Å²) < 4.78 is 12.3. The van der Waals surface area contributed by atoms with Gasteiger partial charge in [-0.25, -0.2) is 14.3 Å². The number of carbonyl (C=O) groups is 3. The second-order valence-corrected chi connectivity index (χ2v) is 11.8. The molecule has 1 aromatic carbocycles. The summed E-state index contributed by atoms with van der Waals surface area (Å²) in [6.07, 6.45) is 6.46. The minimum atomic E-state index is -1.33. The van der Waals surface area contributed by atoms with Crippen molar-refractivity contribution in [2.75, 3.05) is 13.7 Å². The lowest BCUT2D eigenvalue weighted by atomic mass is 9.68. The Balaban J connectivity index is 1.34. The van der Waals surface area contributed by atoms with Gasteiger partial charge in [-0.15, -0.1) is 0 Å². The number of imidazole rings is 1. The van der Waals surface area contributed by atoms with E-state index in [1.165, 1.54) is 7.11 Å². The van der Waals surface area contributed by atoms with E-state index in [1.807, 2.05) is 55.6 Å². The van der Waals surface area contributed by atoms with Gasteiger partial charge in [0.2, 0.25) is 5.91 Å². The molecule has 41 heavy (non-hydrogen) atoms. The Morgan fingerprint density at radius 1 is 1.05 bits per heavy atom. The summed E-state index contributed by atoms with van der Waals surface area (Å²) in [5.41, 5.74) is 1.20. The van der Waals surface area contributed by atoms with Gasteiger partial charge < -0.3 is 20.1 Å². The monoisotopic (exact) mass is 561 g/mol. The van der Waals surface area contributed by atoms with Crippen molar-refractivity contribution >= 4 is 23.6 Å². The summed E-state index contributed by atoms with van der Waals surface area (Å²) in [5.74, 6) is -0.470. The van der Waals surface area contributed by atoms with Gasteiger partial charge in [-0.1, -0.05) is 44.2 Å². The van der Waals surface area contributed by atoms with Crippen LogP contribution in [0.1, 0.15) is 62.9 Å². The Hall–Kier alpha value is -3.95. The van der Waals surface area contributed by atoms with Gasteiger partial charge in [0.05, 0.1) is 24.7 Å². The summed E-state index contributed by atoms with van der Waals surface area (Å²) >= 11 is 0. The number of piperidine rings is 1. The minimum Gasteiger partial charge on any atom is -0.468 e. The van der Waals surface area contributed by atoms with Crippen molar-refractivity contribution in [1.29, 1.82) is 0 Å². The van der Waals surface area contributed by atoms with Crippen LogP contribution in [-0.4, -0.2) is 51.8 Å². The Morgan fingerprint density at radius 2 is 1.80 bits per heavy atom. The number of methoxy groups -OCH3 is 1. The number of esters is 1. The van der Waals surface area contributed by atoms with Gasteiger partial charge >= 0.3 is 12.1 Å². The molecule has 10 heteroatoms. The normalized spacial score (nSPS) is 26.3. The van der Waals surface area contributed by atoms with Crippen LogP contribution in [0.2, 0.25) is 0 Å². The molecule has 1 aliphatic heterocycles. The number of amides is 2. The molecule has 218 valence electrons. The molecule has 0 spiro atoms. The van der Waals surface area contributed by atoms with Gasteiger partial charge in [-0.2, -0.15) is 5.10 Å². The van der Waals surface area contributed by atoms with E-state index >= 15 is 0 Å². The Labute approximate surface area is 240 Å². The fraction of sp³-hybridized carbons (Fsp3) is 0.516. The SMILES string of the molecule is COC(=O)C1(Cc2ccc3nc(CC4(NC(=O)OCc5ccccc5)CCC(C)CC4)cn3n2)C(=O)NCCC1C. The molecule has 3 aromatic rings. The van der Waals surface area contributed by atoms with Gasteiger partial charge in [0.15, 0.2) is 11.1 Å². The topological polar surface area (TPSA) is 124 Å². The van der Waals surface area contributed by atoms with Crippen molar-refractivity contribution in [3.63, 3.8) is 0 Å². The van der Waals surface area contributed by atoms with E-state index in [4.69, 9.17) is 19.6 Å². The van der Waals surface area contributed by atoms with Crippen molar-refractivity contribution < 1.29 is 23.9 Å². The summed E-state index contributed by atoms with van der Waals surface area (Å²) in [6, 6.07) is 13.3. The first-order valence-electron chi connectivity index (χ1n) is 14.4. The van der Waals surface area contributed by atoms with Crippen LogP contribution in [0.5, 0.6) is 0 Å². The van der Waals surface area contributed by atoms with Crippen LogP contribution in [0.25, 0.3) is 5.65 Å². The molecule has 0 radical (unpaired) electrons. The van der Waals surface area contributed by atoms with E-state index in [0.717, 1.165) is 36.9 Å². The second-order valence-electron chi connectivity index (χ2n) is 11.8. The van der Waals surface area contributed by atoms with Gasteiger partial charge in [-0.05, 0) is 61.6 Å². The Morgan fingerprint density at radius 3 is 2.51 bits per heavy atom. The first-order valence-corrected chi connectivity index (χ1v) is 14.4. The van der Waals surface area contributed by atoms with E-state index in [0.29, 0.717) is 36.6 Å². The molecule has 2 aliphatic rings. The molecule has 2 N–H and O–H groups in total. The molecule has 1 saturated carbocycles. The van der Waals surface area contributed by atoms with E-state index in [9.17, 15) is 14.4 Å². The van der Waals surface area contributed by atoms with Crippen molar-refractivity contribution in [1.82, 2.24) is 25.2 Å². The van der Waals surface area contributed by atoms with Crippen molar-refractivity contribution in [2.24, 2.45) is 17.3 Å². The number of aromatic nitrogens is 3. The van der Waals surface area contributed by atoms with E-state index in [2.05, 4.69) is 17.6 Å². The number of nitrogens with one attached hydrogen (secondary N) is 2. The highest BCUT2D eigenvalue weighted by Gasteiger charge is 2.53. The lowest BCUT2D eigenvalue weighted by molar-refractivity contribution is -0.165. The van der Waals surface area contributed by atoms with E-state index in [-0.39, 0.29) is 24.9 Å². The zero-order chi connectivity index (χ0) is 29.0. The molecule has 2 atom stereocenters. The number of hydrogen-bond donors (Lipinski definition) is 2. The highest BCUT2D eigenvalue weighted by molar-refractivity contribution is 6.03. The number of rotatable bonds is 8. The van der Waals surface area contributed by atoms with Gasteiger partial charge in [0.1, 0.15) is 6.61 Å². The minimum absolute atomic E-state index is 0.132. The lowest BCUT2D eigenvalue weighted by Gasteiger charge is -2.39. The Kier molecular flexibility index (Phi) is 8.28. The van der Waals surface area contributed by atoms with Gasteiger partial charge in [-0.3, -0.25) is 9.59 Å². The van der Waals surface area contributed by atoms with Crippen molar-refractivity contribution in [3.8, 4) is 0 Å². The van der Waals surface area contributed by atoms with Crippen molar-refractivity contribution in [3.05, 3.63) is 65.6 Å². The quantitative estimate of drug-likeness (QED) is 0.315. The van der Waals surface area contributed by atoms with Crippen molar-refractivity contribution in [2.45, 2.75) is 70.9 Å². The third-order valence-electron chi connectivity index (χ3n) is 8.87. The maximum absolute atomic E-state index is 13.0. The predicted octanol–water partition coefficient (Wildman–Crippen LogP) is 4.01. The summed E-state index contributed by atoms with van der Waals surface area (Å²) in [5, 5.41) is 10.8. The molecule has 1 aliphatic carbocycles. The number of nitrogens with zero attached hydrogens (tertiary/aromatic N) is 3. The number of ether oxygens (including phenoxy) is 2. The third-order valence-corrected chi connectivity index (χ3v) is 8.87. The zero-order valence-corrected chi connectivity index (χ0v) is 24.0. The van der Waals surface area contributed by atoms with Crippen LogP contribution in [-0.2, 0) is 38.5 Å². The lowest BCUT2D eigenvalue weighted by Crippen LogP contribution is -2.57. The molecule has 0 bridgehead atoms. The van der Waals surface area contributed by atoms with Gasteiger partial charge in [0, 0.05) is 24.9 Å². The fourth-order valence-corrected chi connectivity index (χ4v) is 6.25. The van der Waals surface area contributed by atoms with Crippen LogP contribution in [0.4, 0.5) is 4.79 Å². The van der Waals surface area contributed by atoms with Crippen LogP contribution < -0.4 is 10.6 Å². The first-order chi connectivity index (χ1) is 19.7. The fourth-order valence-electron chi connectivity index (χ4n) is 6.25. The van der Waals surface area contributed by atoms with Gasteiger partial charge in [0.25, 0.3) is 0 Å². The zero-order valence-electron chi connectivity index (χ0n) is 24.0. The number of hydrogen-bond acceptors (Lipinski definition) is 7. The largest absolute Gasteiger partial charge is 0.468 e. The molecule has 3 heterocycles. The molecule has 2 amide bonds. The summed E-state index contributed by atoms with van der Waals surface area (Å²) in [6.45, 7) is 4.89. The molecule has 2 aromatic heterocycles. The maximum Gasteiger partial charge on any atom is 0.407 e. The second kappa shape index (κ2) is 11.9. The molecule has 1 saturated heterocycles. The molecule has 10 nitrogen and oxygen atoms in total. The molecule has 2 unspecified atom stereocenters. The first kappa shape index (κ1) is 28.6. The summed E-state index contributed by atoms with van der Waals surface area (Å²) in [4.78, 5) is 43.6. The predicted molar refractivity (Wildman–Crippen MR) is 152 cm³/mol. The van der Waals surface area contributed by atoms with Crippen LogP contribution in [0, 0.1) is 17.3 Å². The van der Waals surface area contributed by atoms with Crippen LogP contribution in [0.15, 0.2) is 48.7 Å². The highest BCUT2D eigenvalue weighted by atomic mass is 16.5. The molecular formula is C31H39N5O5. The maximum atomic E-state index is 13.0. The Bertz CT molecular complexity index is 1390. The average molecular weight is 562 g/mol. The smallest absolute Gasteiger partial charge is 0.407 e. The standard InChI is InChI=1S/C31H39N5O5/c1-21-11-14-30(15-12-21,34-29(39)41-20-23-7-5-4-6-8-23)17-25-19-36-26(33-25)10-9-24(35-36)18-31(28(38)40-3)22(2)13-16-32-27(31)37/h4-10,19,21-22H,11-18,20H2,1-3H3,(H,32,37)(H,34,39). The summed E-state index contributed by atoms with van der Waals surface area (Å²) in [7, 11) is 1.31. The number of benzene rings is 1. The highest BCUT2D eigenvalue weighted by Crippen LogP contribution is 2.38. The third kappa shape index (κ3) is 6.06. The van der Waals surface area contributed by atoms with Crippen LogP contribution >= 0.6 is 0 Å². The number of fused-ring (bicyclic) bond motifs is 1. The number of alkyl carbamates (subject to hydrolysis) is 1. The molecule has 2 fully saturated rings. The molecule has 5 rings (SSSR count). The van der Waals surface area contributed by atoms with E-state index in [1.54, 1.807) is 4.52 Å². The van der Waals surface area contributed by atoms with Crippen LogP contribution in [0.3, 0.4) is 0 Å². The molecular weight excluding hydrogens is 522 g/mol. The van der Waals surface area contributed by atoms with E-state index < -0.39 is 23.0 Å². The average Bonchev–Trinajstić information content (AvgIpc) is 3.37.